The van der Waals surface area contributed by atoms with Crippen LogP contribution in [0.5, 0.6) is 0 Å². The minimum atomic E-state index is -0.650. The van der Waals surface area contributed by atoms with Gasteiger partial charge in [-0.15, -0.1) is 0 Å². The van der Waals surface area contributed by atoms with Crippen molar-refractivity contribution in [2.24, 2.45) is 5.92 Å². The first-order valence-electron chi connectivity index (χ1n) is 9.56. The largest absolute Gasteiger partial charge is 0.381 e. The van der Waals surface area contributed by atoms with Gasteiger partial charge in [-0.25, -0.2) is 0 Å². The summed E-state index contributed by atoms with van der Waals surface area (Å²) in [5, 5.41) is 0. The van der Waals surface area contributed by atoms with Crippen LogP contribution >= 0.6 is 0 Å². The predicted octanol–water partition coefficient (Wildman–Crippen LogP) is 4.56. The van der Waals surface area contributed by atoms with Gasteiger partial charge in [0.2, 0.25) is 0 Å². The third kappa shape index (κ3) is 3.40. The molecule has 3 heteroatoms. The number of rotatable bonds is 3. The number of ketones is 2. The van der Waals surface area contributed by atoms with Gasteiger partial charge >= 0.3 is 0 Å². The second kappa shape index (κ2) is 7.24. The Bertz CT molecular complexity index is 895. The second-order valence-electron chi connectivity index (χ2n) is 7.65. The number of Topliss-reactive ketones (excluding diaryl/α,β-unsaturated/α-hetero) is 2. The van der Waals surface area contributed by atoms with Crippen LogP contribution in [-0.4, -0.2) is 24.8 Å². The van der Waals surface area contributed by atoms with Crippen molar-refractivity contribution in [3.8, 4) is 11.1 Å². The molecule has 138 valence electrons. The molecule has 2 atom stereocenters. The highest BCUT2D eigenvalue weighted by molar-refractivity contribution is 6.23. The van der Waals surface area contributed by atoms with Crippen LogP contribution in [-0.2, 0) is 14.3 Å². The molecule has 2 aromatic carbocycles. The first-order chi connectivity index (χ1) is 13.0. The Hall–Kier alpha value is -2.52. The number of carbonyl (C=O) groups excluding carboxylic acids is 2. The second-order valence-corrected chi connectivity index (χ2v) is 7.65. The zero-order valence-corrected chi connectivity index (χ0v) is 15.8. The van der Waals surface area contributed by atoms with Crippen LogP contribution < -0.4 is 0 Å². The molecule has 0 spiro atoms. The topological polar surface area (TPSA) is 43.4 Å². The van der Waals surface area contributed by atoms with Crippen LogP contribution in [0.1, 0.15) is 35.4 Å². The lowest BCUT2D eigenvalue weighted by Crippen LogP contribution is -2.15. The fourth-order valence-corrected chi connectivity index (χ4v) is 4.34. The van der Waals surface area contributed by atoms with Gasteiger partial charge in [-0.1, -0.05) is 48.5 Å². The Morgan fingerprint density at radius 3 is 2.33 bits per heavy atom. The molecule has 4 rings (SSSR count). The average molecular weight is 360 g/mol. The van der Waals surface area contributed by atoms with Gasteiger partial charge in [-0.3, -0.25) is 9.59 Å². The molecule has 2 aromatic rings. The summed E-state index contributed by atoms with van der Waals surface area (Å²) in [6, 6.07) is 14.4. The van der Waals surface area contributed by atoms with Crippen molar-refractivity contribution >= 4 is 11.6 Å². The summed E-state index contributed by atoms with van der Waals surface area (Å²) in [5.74, 6) is -0.393. The SMILES string of the molecule is Cc1cc(-c2ccccc2)cc(C)c1C1C(=O)C/C(=C/C2CCOC2)C1=O. The number of hydrogen-bond acceptors (Lipinski definition) is 3. The van der Waals surface area contributed by atoms with Crippen LogP contribution in [0.3, 0.4) is 0 Å². The lowest BCUT2D eigenvalue weighted by molar-refractivity contribution is -0.123. The monoisotopic (exact) mass is 360 g/mol. The minimum absolute atomic E-state index is 0.0174. The first-order valence-corrected chi connectivity index (χ1v) is 9.56. The minimum Gasteiger partial charge on any atom is -0.381 e. The summed E-state index contributed by atoms with van der Waals surface area (Å²) in [6.07, 6.45) is 3.16. The molecule has 1 heterocycles. The number of allylic oxidation sites excluding steroid dienone is 1. The van der Waals surface area contributed by atoms with Crippen molar-refractivity contribution in [3.63, 3.8) is 0 Å². The lowest BCUT2D eigenvalue weighted by Gasteiger charge is -2.16. The van der Waals surface area contributed by atoms with E-state index in [0.717, 1.165) is 40.8 Å². The van der Waals surface area contributed by atoms with Crippen molar-refractivity contribution in [2.45, 2.75) is 32.6 Å². The van der Waals surface area contributed by atoms with E-state index in [1.54, 1.807) is 0 Å². The highest BCUT2D eigenvalue weighted by atomic mass is 16.5. The van der Waals surface area contributed by atoms with Gasteiger partial charge in [-0.05, 0) is 48.1 Å². The third-order valence-corrected chi connectivity index (χ3v) is 5.66. The highest BCUT2D eigenvalue weighted by Gasteiger charge is 2.40. The van der Waals surface area contributed by atoms with Crippen LogP contribution in [0.4, 0.5) is 0 Å². The molecule has 2 unspecified atom stereocenters. The maximum Gasteiger partial charge on any atom is 0.173 e. The smallest absolute Gasteiger partial charge is 0.173 e. The van der Waals surface area contributed by atoms with Crippen molar-refractivity contribution in [3.05, 3.63) is 70.8 Å². The molecule has 0 aromatic heterocycles. The predicted molar refractivity (Wildman–Crippen MR) is 106 cm³/mol. The van der Waals surface area contributed by atoms with Gasteiger partial charge in [0.1, 0.15) is 5.92 Å². The van der Waals surface area contributed by atoms with Crippen molar-refractivity contribution in [1.29, 1.82) is 0 Å². The van der Waals surface area contributed by atoms with Crippen LogP contribution in [0, 0.1) is 19.8 Å². The molecule has 0 radical (unpaired) electrons. The Morgan fingerprint density at radius 2 is 1.70 bits per heavy atom. The maximum absolute atomic E-state index is 13.0. The van der Waals surface area contributed by atoms with Crippen molar-refractivity contribution < 1.29 is 14.3 Å². The van der Waals surface area contributed by atoms with Crippen LogP contribution in [0.2, 0.25) is 0 Å². The van der Waals surface area contributed by atoms with E-state index < -0.39 is 5.92 Å². The summed E-state index contributed by atoms with van der Waals surface area (Å²) >= 11 is 0. The molecule has 3 nitrogen and oxygen atoms in total. The van der Waals surface area contributed by atoms with E-state index in [2.05, 4.69) is 24.3 Å². The van der Waals surface area contributed by atoms with Gasteiger partial charge in [0.05, 0.1) is 6.61 Å². The molecular formula is C24H24O3. The average Bonchev–Trinajstić information content (AvgIpc) is 3.25. The molecule has 0 amide bonds. The van der Waals surface area contributed by atoms with Gasteiger partial charge in [0.15, 0.2) is 11.6 Å². The van der Waals surface area contributed by atoms with E-state index in [1.807, 2.05) is 38.1 Å². The number of ether oxygens (including phenoxy) is 1. The van der Waals surface area contributed by atoms with E-state index in [4.69, 9.17) is 4.74 Å². The van der Waals surface area contributed by atoms with Crippen molar-refractivity contribution in [1.82, 2.24) is 0 Å². The third-order valence-electron chi connectivity index (χ3n) is 5.66. The quantitative estimate of drug-likeness (QED) is 0.595. The summed E-state index contributed by atoms with van der Waals surface area (Å²) in [5.41, 5.74) is 5.83. The Balaban J connectivity index is 1.68. The zero-order chi connectivity index (χ0) is 19.0. The number of hydrogen-bond donors (Lipinski definition) is 0. The highest BCUT2D eigenvalue weighted by Crippen LogP contribution is 2.38. The molecule has 1 aliphatic heterocycles. The van der Waals surface area contributed by atoms with E-state index in [-0.39, 0.29) is 23.9 Å². The molecule has 2 aliphatic rings. The summed E-state index contributed by atoms with van der Waals surface area (Å²) in [4.78, 5) is 25.8. The van der Waals surface area contributed by atoms with Gasteiger partial charge in [0.25, 0.3) is 0 Å². The normalized spacial score (nSPS) is 24.1. The molecule has 0 N–H and O–H groups in total. The van der Waals surface area contributed by atoms with Crippen molar-refractivity contribution in [2.75, 3.05) is 13.2 Å². The molecule has 27 heavy (non-hydrogen) atoms. The Morgan fingerprint density at radius 1 is 1.00 bits per heavy atom. The van der Waals surface area contributed by atoms with Gasteiger partial charge in [0, 0.05) is 24.5 Å². The van der Waals surface area contributed by atoms with E-state index >= 15 is 0 Å². The molecule has 1 saturated carbocycles. The number of carbonyl (C=O) groups is 2. The van der Waals surface area contributed by atoms with Gasteiger partial charge in [-0.2, -0.15) is 0 Å². The molecule has 2 fully saturated rings. The summed E-state index contributed by atoms with van der Waals surface area (Å²) < 4.78 is 5.39. The van der Waals surface area contributed by atoms with E-state index in [0.29, 0.717) is 12.2 Å². The standard InChI is InChI=1S/C24H24O3/c1-15-10-19(18-6-4-3-5-7-18)11-16(2)22(15)23-21(25)13-20(24(23)26)12-17-8-9-27-14-17/h3-7,10-12,17,23H,8-9,13-14H2,1-2H3/b20-12-. The van der Waals surface area contributed by atoms with E-state index in [9.17, 15) is 9.59 Å². The van der Waals surface area contributed by atoms with Gasteiger partial charge < -0.3 is 4.74 Å². The number of aryl methyl sites for hydroxylation is 2. The Labute approximate surface area is 160 Å². The zero-order valence-electron chi connectivity index (χ0n) is 15.8. The lowest BCUT2D eigenvalue weighted by atomic mass is 9.85. The van der Waals surface area contributed by atoms with E-state index in [1.165, 1.54) is 0 Å². The first kappa shape index (κ1) is 17.9. The molecular weight excluding hydrogens is 336 g/mol. The fraction of sp³-hybridized carbons (Fsp3) is 0.333. The molecule has 1 saturated heterocycles. The summed E-state index contributed by atoms with van der Waals surface area (Å²) in [7, 11) is 0. The van der Waals surface area contributed by atoms with Crippen LogP contribution in [0.15, 0.2) is 54.1 Å². The summed E-state index contributed by atoms with van der Waals surface area (Å²) in [6.45, 7) is 5.39. The Kier molecular flexibility index (Phi) is 4.79. The fourth-order valence-electron chi connectivity index (χ4n) is 4.34. The van der Waals surface area contributed by atoms with Crippen LogP contribution in [0.25, 0.3) is 11.1 Å². The molecule has 1 aliphatic carbocycles. The maximum atomic E-state index is 13.0. The molecule has 0 bridgehead atoms. The number of benzene rings is 2.